The first-order valence-electron chi connectivity index (χ1n) is 5.78. The first kappa shape index (κ1) is 13.2. The maximum absolute atomic E-state index is 12.0. The van der Waals surface area contributed by atoms with Gasteiger partial charge in [-0.15, -0.1) is 0 Å². The lowest BCUT2D eigenvalue weighted by atomic mass is 10.2. The summed E-state index contributed by atoms with van der Waals surface area (Å²) < 4.78 is 10.5. The highest BCUT2D eigenvalue weighted by Gasteiger charge is 2.31. The molecule has 4 nitrogen and oxygen atoms in total. The van der Waals surface area contributed by atoms with Gasteiger partial charge in [-0.3, -0.25) is 4.79 Å². The van der Waals surface area contributed by atoms with Crippen LogP contribution in [-0.4, -0.2) is 32.0 Å². The third-order valence-electron chi connectivity index (χ3n) is 3.10. The molecule has 1 aliphatic rings. The molecular weight excluding hydrogens is 298 g/mol. The Bertz CT molecular complexity index is 450. The third kappa shape index (κ3) is 2.46. The van der Waals surface area contributed by atoms with Crippen molar-refractivity contribution >= 4 is 27.5 Å². The van der Waals surface area contributed by atoms with Gasteiger partial charge in [0.15, 0.2) is 0 Å². The molecule has 0 spiro atoms. The molecule has 1 fully saturated rings. The molecule has 0 bridgehead atoms. The second-order valence-corrected chi connectivity index (χ2v) is 4.91. The van der Waals surface area contributed by atoms with E-state index in [0.717, 1.165) is 23.3 Å². The molecule has 98 valence electrons. The van der Waals surface area contributed by atoms with Crippen molar-refractivity contribution in [2.45, 2.75) is 6.42 Å². The summed E-state index contributed by atoms with van der Waals surface area (Å²) in [6.07, 6.45) is 0.584. The van der Waals surface area contributed by atoms with Gasteiger partial charge in [-0.05, 0) is 18.1 Å². The van der Waals surface area contributed by atoms with E-state index in [0.29, 0.717) is 18.1 Å². The number of hydrogen-bond acceptors (Lipinski definition) is 3. The van der Waals surface area contributed by atoms with Gasteiger partial charge in [-0.2, -0.15) is 0 Å². The number of alkyl halides is 1. The molecule has 0 saturated carbocycles. The number of amides is 1. The molecule has 18 heavy (non-hydrogen) atoms. The van der Waals surface area contributed by atoms with Crippen LogP contribution < -0.4 is 14.4 Å². The summed E-state index contributed by atoms with van der Waals surface area (Å²) in [6, 6.07) is 5.50. The van der Waals surface area contributed by atoms with E-state index in [-0.39, 0.29) is 5.91 Å². The molecule has 0 aliphatic carbocycles. The Morgan fingerprint density at radius 2 is 2.17 bits per heavy atom. The average Bonchev–Trinajstić information content (AvgIpc) is 2.79. The lowest BCUT2D eigenvalue weighted by Gasteiger charge is -2.20. The van der Waals surface area contributed by atoms with Crippen molar-refractivity contribution in [3.05, 3.63) is 18.2 Å². The fraction of sp³-hybridized carbons (Fsp3) is 0.462. The van der Waals surface area contributed by atoms with Crippen molar-refractivity contribution in [3.63, 3.8) is 0 Å². The number of benzene rings is 1. The van der Waals surface area contributed by atoms with Gasteiger partial charge in [0.2, 0.25) is 5.91 Å². The number of carbonyl (C=O) groups excluding carboxylic acids is 1. The zero-order valence-electron chi connectivity index (χ0n) is 10.5. The molecule has 1 aromatic rings. The Morgan fingerprint density at radius 3 is 2.72 bits per heavy atom. The van der Waals surface area contributed by atoms with Crippen LogP contribution in [0.15, 0.2) is 18.2 Å². The van der Waals surface area contributed by atoms with Crippen LogP contribution in [0.4, 0.5) is 5.69 Å². The van der Waals surface area contributed by atoms with E-state index < -0.39 is 0 Å². The Labute approximate surface area is 115 Å². The van der Waals surface area contributed by atoms with E-state index in [1.165, 1.54) is 0 Å². The molecule has 0 radical (unpaired) electrons. The van der Waals surface area contributed by atoms with Gasteiger partial charge in [-0.25, -0.2) is 0 Å². The van der Waals surface area contributed by atoms with Gasteiger partial charge >= 0.3 is 0 Å². The van der Waals surface area contributed by atoms with Crippen LogP contribution in [0.1, 0.15) is 6.42 Å². The topological polar surface area (TPSA) is 38.8 Å². The molecular formula is C13H16BrNO3. The predicted octanol–water partition coefficient (Wildman–Crippen LogP) is 2.45. The predicted molar refractivity (Wildman–Crippen MR) is 73.8 cm³/mol. The smallest absolute Gasteiger partial charge is 0.227 e. The first-order chi connectivity index (χ1) is 8.69. The molecule has 1 aliphatic heterocycles. The summed E-state index contributed by atoms with van der Waals surface area (Å²) in [4.78, 5) is 13.8. The van der Waals surface area contributed by atoms with Gasteiger partial charge < -0.3 is 14.4 Å². The molecule has 1 heterocycles. The van der Waals surface area contributed by atoms with Crippen molar-refractivity contribution < 1.29 is 14.3 Å². The zero-order valence-corrected chi connectivity index (χ0v) is 12.1. The summed E-state index contributed by atoms with van der Waals surface area (Å²) in [5, 5.41) is 0.841. The summed E-state index contributed by atoms with van der Waals surface area (Å²) in [5.74, 6) is 1.89. The Hall–Kier alpha value is -1.23. The normalized spacial score (nSPS) is 19.2. The van der Waals surface area contributed by atoms with Gasteiger partial charge in [0.05, 0.1) is 19.9 Å². The van der Waals surface area contributed by atoms with Crippen LogP contribution in [0.2, 0.25) is 0 Å². The summed E-state index contributed by atoms with van der Waals surface area (Å²) in [6.45, 7) is 0.729. The van der Waals surface area contributed by atoms with Crippen molar-refractivity contribution in [3.8, 4) is 11.5 Å². The first-order valence-corrected chi connectivity index (χ1v) is 6.90. The Morgan fingerprint density at radius 1 is 1.39 bits per heavy atom. The largest absolute Gasteiger partial charge is 0.497 e. The minimum Gasteiger partial charge on any atom is -0.497 e. The van der Waals surface area contributed by atoms with E-state index in [2.05, 4.69) is 15.9 Å². The maximum atomic E-state index is 12.0. The highest BCUT2D eigenvalue weighted by molar-refractivity contribution is 9.09. The van der Waals surface area contributed by atoms with Crippen LogP contribution in [0.3, 0.4) is 0 Å². The number of ether oxygens (including phenoxy) is 2. The van der Waals surface area contributed by atoms with Crippen LogP contribution in [0, 0.1) is 5.92 Å². The highest BCUT2D eigenvalue weighted by Crippen LogP contribution is 2.35. The summed E-state index contributed by atoms with van der Waals surface area (Å²) in [5.41, 5.74) is 0.812. The van der Waals surface area contributed by atoms with Crippen molar-refractivity contribution in [2.75, 3.05) is 31.0 Å². The van der Waals surface area contributed by atoms with Crippen LogP contribution in [0.25, 0.3) is 0 Å². The summed E-state index contributed by atoms with van der Waals surface area (Å²) >= 11 is 3.43. The van der Waals surface area contributed by atoms with Gasteiger partial charge in [0, 0.05) is 24.4 Å². The number of carbonyl (C=O) groups is 1. The second kappa shape index (κ2) is 5.61. The maximum Gasteiger partial charge on any atom is 0.227 e. The number of methoxy groups -OCH3 is 2. The zero-order chi connectivity index (χ0) is 13.1. The van der Waals surface area contributed by atoms with Gasteiger partial charge in [-0.1, -0.05) is 15.9 Å². The highest BCUT2D eigenvalue weighted by atomic mass is 79.9. The van der Waals surface area contributed by atoms with E-state index >= 15 is 0 Å². The van der Waals surface area contributed by atoms with E-state index in [9.17, 15) is 4.79 Å². The SMILES string of the molecule is COc1ccc(N2CC(CBr)CC2=O)c(OC)c1. The van der Waals surface area contributed by atoms with E-state index in [1.54, 1.807) is 25.2 Å². The van der Waals surface area contributed by atoms with Crippen LogP contribution >= 0.6 is 15.9 Å². The Kier molecular flexibility index (Phi) is 4.11. The van der Waals surface area contributed by atoms with E-state index in [4.69, 9.17) is 9.47 Å². The fourth-order valence-corrected chi connectivity index (χ4v) is 2.56. The molecule has 0 N–H and O–H groups in total. The van der Waals surface area contributed by atoms with Gasteiger partial charge in [0.25, 0.3) is 0 Å². The monoisotopic (exact) mass is 313 g/mol. The van der Waals surface area contributed by atoms with Crippen molar-refractivity contribution in [2.24, 2.45) is 5.92 Å². The molecule has 0 aromatic heterocycles. The minimum atomic E-state index is 0.142. The number of rotatable bonds is 4. The molecule has 1 atom stereocenters. The van der Waals surface area contributed by atoms with Crippen molar-refractivity contribution in [1.29, 1.82) is 0 Å². The number of hydrogen-bond donors (Lipinski definition) is 0. The van der Waals surface area contributed by atoms with Crippen LogP contribution in [-0.2, 0) is 4.79 Å². The number of halogens is 1. The van der Waals surface area contributed by atoms with Gasteiger partial charge in [0.1, 0.15) is 11.5 Å². The quantitative estimate of drug-likeness (QED) is 0.801. The van der Waals surface area contributed by atoms with Crippen molar-refractivity contribution in [1.82, 2.24) is 0 Å². The Balaban J connectivity index is 2.30. The molecule has 1 unspecified atom stereocenters. The van der Waals surface area contributed by atoms with E-state index in [1.807, 2.05) is 12.1 Å². The summed E-state index contributed by atoms with van der Waals surface area (Å²) in [7, 11) is 3.21. The minimum absolute atomic E-state index is 0.142. The second-order valence-electron chi connectivity index (χ2n) is 4.27. The average molecular weight is 314 g/mol. The number of anilines is 1. The molecule has 5 heteroatoms. The third-order valence-corrected chi connectivity index (χ3v) is 4.02. The fourth-order valence-electron chi connectivity index (χ4n) is 2.13. The lowest BCUT2D eigenvalue weighted by Crippen LogP contribution is -2.25. The molecule has 2 rings (SSSR count). The molecule has 1 aromatic carbocycles. The van der Waals surface area contributed by atoms with Crippen LogP contribution in [0.5, 0.6) is 11.5 Å². The number of nitrogens with zero attached hydrogens (tertiary/aromatic N) is 1. The standard InChI is InChI=1S/C13H16BrNO3/c1-17-10-3-4-11(12(6-10)18-2)15-8-9(7-14)5-13(15)16/h3-4,6,9H,5,7-8H2,1-2H3. The molecule has 1 saturated heterocycles. The molecule has 1 amide bonds. The lowest BCUT2D eigenvalue weighted by molar-refractivity contribution is -0.117.